The van der Waals surface area contributed by atoms with E-state index in [-0.39, 0.29) is 13.2 Å². The summed E-state index contributed by atoms with van der Waals surface area (Å²) in [5.41, 5.74) is 8.04. The Labute approximate surface area is 101 Å². The first-order valence-electron chi connectivity index (χ1n) is 5.43. The number of aliphatic hydroxyl groups is 2. The molecule has 0 aliphatic heterocycles. The first kappa shape index (κ1) is 13.6. The number of hydrogen-bond acceptors (Lipinski definition) is 5. The van der Waals surface area contributed by atoms with E-state index >= 15 is 0 Å². The molecule has 0 spiro atoms. The molecule has 1 aromatic rings. The quantitative estimate of drug-likeness (QED) is 0.626. The topological polar surface area (TPSA) is 84.9 Å². The molecule has 0 atom stereocenters. The van der Waals surface area contributed by atoms with Gasteiger partial charge in [-0.1, -0.05) is 0 Å². The lowest BCUT2D eigenvalue weighted by Crippen LogP contribution is -2.08. The zero-order valence-electron chi connectivity index (χ0n) is 10.2. The van der Waals surface area contributed by atoms with E-state index in [9.17, 15) is 0 Å². The van der Waals surface area contributed by atoms with E-state index in [0.717, 1.165) is 11.1 Å². The van der Waals surface area contributed by atoms with Crippen LogP contribution >= 0.6 is 0 Å². The number of rotatable bonds is 6. The molecule has 0 saturated carbocycles. The van der Waals surface area contributed by atoms with Crippen LogP contribution in [0.3, 0.4) is 0 Å². The van der Waals surface area contributed by atoms with E-state index in [1.165, 1.54) is 0 Å². The summed E-state index contributed by atoms with van der Waals surface area (Å²) in [5, 5.41) is 18.0. The Balaban J connectivity index is 3.33. The van der Waals surface area contributed by atoms with Crippen molar-refractivity contribution in [2.75, 3.05) is 33.2 Å². The van der Waals surface area contributed by atoms with Crippen molar-refractivity contribution in [3.63, 3.8) is 0 Å². The first-order chi connectivity index (χ1) is 8.19. The van der Waals surface area contributed by atoms with Gasteiger partial charge in [0.2, 0.25) is 0 Å². The molecule has 0 aliphatic rings. The molecule has 1 rings (SSSR count). The van der Waals surface area contributed by atoms with Gasteiger partial charge in [0.1, 0.15) is 11.5 Å². The van der Waals surface area contributed by atoms with Crippen LogP contribution in [0.25, 0.3) is 0 Å². The number of methoxy groups -OCH3 is 2. The van der Waals surface area contributed by atoms with Crippen LogP contribution in [0.4, 0.5) is 5.69 Å². The van der Waals surface area contributed by atoms with Crippen molar-refractivity contribution in [2.24, 2.45) is 0 Å². The zero-order chi connectivity index (χ0) is 12.8. The largest absolute Gasteiger partial charge is 0.496 e. The number of ether oxygens (including phenoxy) is 2. The van der Waals surface area contributed by atoms with Crippen LogP contribution in [-0.2, 0) is 12.8 Å². The monoisotopic (exact) mass is 241 g/mol. The van der Waals surface area contributed by atoms with Gasteiger partial charge in [-0.25, -0.2) is 0 Å². The van der Waals surface area contributed by atoms with Gasteiger partial charge < -0.3 is 25.4 Å². The third-order valence-corrected chi connectivity index (χ3v) is 2.67. The highest BCUT2D eigenvalue weighted by Crippen LogP contribution is 2.36. The van der Waals surface area contributed by atoms with Crippen LogP contribution in [0.5, 0.6) is 11.5 Å². The Hall–Kier alpha value is -1.46. The maximum Gasteiger partial charge on any atom is 0.127 e. The SMILES string of the molecule is COc1cc(OC)c(CCO)c(N)c1CCO. The van der Waals surface area contributed by atoms with Crippen molar-refractivity contribution < 1.29 is 19.7 Å². The van der Waals surface area contributed by atoms with Gasteiger partial charge in [-0.2, -0.15) is 0 Å². The second kappa shape index (κ2) is 6.32. The molecule has 5 heteroatoms. The molecule has 1 aromatic carbocycles. The number of nitrogen functional groups attached to an aromatic ring is 1. The average molecular weight is 241 g/mol. The van der Waals surface area contributed by atoms with Gasteiger partial charge >= 0.3 is 0 Å². The normalized spacial score (nSPS) is 10.4. The van der Waals surface area contributed by atoms with E-state index in [1.54, 1.807) is 20.3 Å². The van der Waals surface area contributed by atoms with Crippen LogP contribution in [0.2, 0.25) is 0 Å². The molecule has 96 valence electrons. The molecule has 0 amide bonds. The summed E-state index contributed by atoms with van der Waals surface area (Å²) in [5.74, 6) is 1.19. The Morgan fingerprint density at radius 3 is 1.71 bits per heavy atom. The fourth-order valence-electron chi connectivity index (χ4n) is 1.84. The minimum Gasteiger partial charge on any atom is -0.496 e. The maximum absolute atomic E-state index is 9.02. The Morgan fingerprint density at radius 1 is 1.00 bits per heavy atom. The van der Waals surface area contributed by atoms with Crippen molar-refractivity contribution in [1.29, 1.82) is 0 Å². The highest BCUT2D eigenvalue weighted by atomic mass is 16.5. The summed E-state index contributed by atoms with van der Waals surface area (Å²) in [6, 6.07) is 1.73. The number of aliphatic hydroxyl groups excluding tert-OH is 2. The van der Waals surface area contributed by atoms with Crippen molar-refractivity contribution >= 4 is 5.69 Å². The summed E-state index contributed by atoms with van der Waals surface area (Å²) in [4.78, 5) is 0. The minimum atomic E-state index is -0.00848. The number of hydrogen-bond donors (Lipinski definition) is 3. The minimum absolute atomic E-state index is 0.00848. The van der Waals surface area contributed by atoms with Crippen molar-refractivity contribution in [2.45, 2.75) is 12.8 Å². The van der Waals surface area contributed by atoms with Crippen molar-refractivity contribution in [1.82, 2.24) is 0 Å². The van der Waals surface area contributed by atoms with Crippen LogP contribution in [-0.4, -0.2) is 37.6 Å². The smallest absolute Gasteiger partial charge is 0.127 e. The summed E-state index contributed by atoms with van der Waals surface area (Å²) in [7, 11) is 3.08. The van der Waals surface area contributed by atoms with E-state index in [2.05, 4.69) is 0 Å². The number of benzene rings is 1. The summed E-state index contributed by atoms with van der Waals surface area (Å²) >= 11 is 0. The van der Waals surface area contributed by atoms with Crippen LogP contribution < -0.4 is 15.2 Å². The fraction of sp³-hybridized carbons (Fsp3) is 0.500. The molecule has 0 bridgehead atoms. The van der Waals surface area contributed by atoms with Gasteiger partial charge in [0, 0.05) is 48.9 Å². The van der Waals surface area contributed by atoms with Gasteiger partial charge in [0.15, 0.2) is 0 Å². The van der Waals surface area contributed by atoms with Crippen LogP contribution in [0.15, 0.2) is 6.07 Å². The van der Waals surface area contributed by atoms with Crippen molar-refractivity contribution in [3.8, 4) is 11.5 Å². The molecule has 0 aromatic heterocycles. The molecule has 4 N–H and O–H groups in total. The van der Waals surface area contributed by atoms with E-state index in [4.69, 9.17) is 25.4 Å². The molecule has 0 radical (unpaired) electrons. The molecule has 0 heterocycles. The standard InChI is InChI=1S/C12H19NO4/c1-16-10-7-11(17-2)9(4-6-15)12(13)8(10)3-5-14/h7,14-15H,3-6,13H2,1-2H3. The van der Waals surface area contributed by atoms with Gasteiger partial charge in [-0.05, 0) is 0 Å². The molecule has 5 nitrogen and oxygen atoms in total. The highest BCUT2D eigenvalue weighted by Gasteiger charge is 2.16. The second-order valence-electron chi connectivity index (χ2n) is 3.60. The first-order valence-corrected chi connectivity index (χ1v) is 5.43. The summed E-state index contributed by atoms with van der Waals surface area (Å²) < 4.78 is 10.4. The number of nitrogens with two attached hydrogens (primary N) is 1. The molecule has 0 unspecified atom stereocenters. The number of anilines is 1. The Morgan fingerprint density at radius 2 is 1.41 bits per heavy atom. The van der Waals surface area contributed by atoms with Gasteiger partial charge in [0.05, 0.1) is 14.2 Å². The lowest BCUT2D eigenvalue weighted by molar-refractivity contribution is 0.294. The highest BCUT2D eigenvalue weighted by molar-refractivity contribution is 5.65. The molecular weight excluding hydrogens is 222 g/mol. The summed E-state index contributed by atoms with van der Waals surface area (Å²) in [6.45, 7) is -0.0170. The van der Waals surface area contributed by atoms with Crippen LogP contribution in [0.1, 0.15) is 11.1 Å². The second-order valence-corrected chi connectivity index (χ2v) is 3.60. The average Bonchev–Trinajstić information content (AvgIpc) is 2.34. The zero-order valence-corrected chi connectivity index (χ0v) is 10.2. The molecule has 0 fully saturated rings. The fourth-order valence-corrected chi connectivity index (χ4v) is 1.84. The third-order valence-electron chi connectivity index (χ3n) is 2.67. The Bertz CT molecular complexity index is 347. The third kappa shape index (κ3) is 2.81. The molecular formula is C12H19NO4. The van der Waals surface area contributed by atoms with E-state index in [1.807, 2.05) is 0 Å². The molecule has 0 aliphatic carbocycles. The van der Waals surface area contributed by atoms with Crippen molar-refractivity contribution in [3.05, 3.63) is 17.2 Å². The van der Waals surface area contributed by atoms with E-state index < -0.39 is 0 Å². The van der Waals surface area contributed by atoms with E-state index in [0.29, 0.717) is 30.0 Å². The summed E-state index contributed by atoms with van der Waals surface area (Å²) in [6.07, 6.45) is 0.828. The molecule has 0 saturated heterocycles. The maximum atomic E-state index is 9.02. The lowest BCUT2D eigenvalue weighted by atomic mass is 10.0. The van der Waals surface area contributed by atoms with Crippen LogP contribution in [0, 0.1) is 0 Å². The lowest BCUT2D eigenvalue weighted by Gasteiger charge is -2.17. The van der Waals surface area contributed by atoms with Gasteiger partial charge in [0.25, 0.3) is 0 Å². The predicted molar refractivity (Wildman–Crippen MR) is 65.5 cm³/mol. The Kier molecular flexibility index (Phi) is 5.06. The van der Waals surface area contributed by atoms with Gasteiger partial charge in [-0.3, -0.25) is 0 Å². The molecule has 17 heavy (non-hydrogen) atoms. The predicted octanol–water partition coefficient (Wildman–Crippen LogP) is 0.356. The van der Waals surface area contributed by atoms with Gasteiger partial charge in [-0.15, -0.1) is 0 Å².